The van der Waals surface area contributed by atoms with Gasteiger partial charge in [-0.05, 0) is 48.2 Å². The Morgan fingerprint density at radius 1 is 1.25 bits per heavy atom. The molecule has 0 aromatic heterocycles. The standard InChI is InChI=1S/C16H15BrN2O4S/c1-24(22,23)16-9-12(4-7-15(16)19(20)21)18-14-6-2-10-8-11(17)3-5-13(10)14/h3-5,7-9,14,18H,2,6H2,1H3. The lowest BCUT2D eigenvalue weighted by molar-refractivity contribution is -0.387. The van der Waals surface area contributed by atoms with E-state index in [9.17, 15) is 18.5 Å². The molecule has 2 aromatic carbocycles. The molecule has 0 bridgehead atoms. The molecule has 1 atom stereocenters. The van der Waals surface area contributed by atoms with Gasteiger partial charge >= 0.3 is 0 Å². The lowest BCUT2D eigenvalue weighted by Crippen LogP contribution is -2.09. The van der Waals surface area contributed by atoms with Crippen molar-refractivity contribution in [2.24, 2.45) is 0 Å². The molecule has 0 aliphatic heterocycles. The van der Waals surface area contributed by atoms with E-state index in [0.29, 0.717) is 5.69 Å². The van der Waals surface area contributed by atoms with Crippen LogP contribution in [0.15, 0.2) is 45.8 Å². The number of hydrogen-bond acceptors (Lipinski definition) is 5. The van der Waals surface area contributed by atoms with E-state index in [4.69, 9.17) is 0 Å². The van der Waals surface area contributed by atoms with Crippen LogP contribution in [0.1, 0.15) is 23.6 Å². The average molecular weight is 411 g/mol. The molecular weight excluding hydrogens is 396 g/mol. The van der Waals surface area contributed by atoms with Crippen LogP contribution in [0, 0.1) is 10.1 Å². The van der Waals surface area contributed by atoms with Crippen molar-refractivity contribution in [1.29, 1.82) is 0 Å². The summed E-state index contributed by atoms with van der Waals surface area (Å²) in [6, 6.07) is 10.3. The number of sulfone groups is 1. The first kappa shape index (κ1) is 16.9. The molecule has 0 saturated heterocycles. The van der Waals surface area contributed by atoms with E-state index in [0.717, 1.165) is 29.1 Å². The third kappa shape index (κ3) is 3.29. The van der Waals surface area contributed by atoms with E-state index >= 15 is 0 Å². The van der Waals surface area contributed by atoms with Crippen molar-refractivity contribution in [3.63, 3.8) is 0 Å². The average Bonchev–Trinajstić information content (AvgIpc) is 2.88. The Morgan fingerprint density at radius 3 is 2.67 bits per heavy atom. The van der Waals surface area contributed by atoms with Gasteiger partial charge in [-0.2, -0.15) is 0 Å². The van der Waals surface area contributed by atoms with Gasteiger partial charge in [0, 0.05) is 22.5 Å². The summed E-state index contributed by atoms with van der Waals surface area (Å²) in [6.45, 7) is 0. The molecule has 0 radical (unpaired) electrons. The van der Waals surface area contributed by atoms with Crippen molar-refractivity contribution in [2.45, 2.75) is 23.8 Å². The lowest BCUT2D eigenvalue weighted by atomic mass is 10.1. The Bertz CT molecular complexity index is 928. The van der Waals surface area contributed by atoms with E-state index in [2.05, 4.69) is 27.3 Å². The molecule has 1 unspecified atom stereocenters. The highest BCUT2D eigenvalue weighted by Crippen LogP contribution is 2.36. The van der Waals surface area contributed by atoms with Crippen LogP contribution in [0.2, 0.25) is 0 Å². The van der Waals surface area contributed by atoms with Gasteiger partial charge < -0.3 is 5.32 Å². The zero-order valence-corrected chi connectivity index (χ0v) is 15.2. The molecule has 126 valence electrons. The summed E-state index contributed by atoms with van der Waals surface area (Å²) in [5.41, 5.74) is 2.56. The van der Waals surface area contributed by atoms with E-state index in [1.807, 2.05) is 12.1 Å². The maximum absolute atomic E-state index is 11.8. The second-order valence-electron chi connectivity index (χ2n) is 5.79. The van der Waals surface area contributed by atoms with Crippen LogP contribution in [0.5, 0.6) is 0 Å². The molecule has 6 nitrogen and oxygen atoms in total. The van der Waals surface area contributed by atoms with Gasteiger partial charge in [-0.3, -0.25) is 10.1 Å². The Kier molecular flexibility index (Phi) is 4.35. The van der Waals surface area contributed by atoms with Crippen LogP contribution < -0.4 is 5.32 Å². The highest BCUT2D eigenvalue weighted by molar-refractivity contribution is 9.10. The second kappa shape index (κ2) is 6.18. The third-order valence-electron chi connectivity index (χ3n) is 4.08. The largest absolute Gasteiger partial charge is 0.378 e. The molecule has 0 spiro atoms. The van der Waals surface area contributed by atoms with Crippen molar-refractivity contribution in [3.8, 4) is 0 Å². The first-order valence-corrected chi connectivity index (χ1v) is 9.97. The molecule has 1 N–H and O–H groups in total. The first-order valence-electron chi connectivity index (χ1n) is 7.29. The lowest BCUT2D eigenvalue weighted by Gasteiger charge is -2.16. The normalized spacial score (nSPS) is 16.7. The summed E-state index contributed by atoms with van der Waals surface area (Å²) >= 11 is 3.45. The minimum atomic E-state index is -3.69. The number of anilines is 1. The minimum Gasteiger partial charge on any atom is -0.378 e. The Hall–Kier alpha value is -1.93. The number of halogens is 1. The number of nitrogens with one attached hydrogen (secondary N) is 1. The van der Waals surface area contributed by atoms with Gasteiger partial charge in [-0.1, -0.05) is 22.0 Å². The summed E-state index contributed by atoms with van der Waals surface area (Å²) in [5, 5.41) is 14.3. The van der Waals surface area contributed by atoms with Crippen LogP contribution in [-0.4, -0.2) is 19.6 Å². The molecule has 8 heteroatoms. The highest BCUT2D eigenvalue weighted by Gasteiger charge is 2.25. The number of nitrogens with zero attached hydrogens (tertiary/aromatic N) is 1. The molecule has 3 rings (SSSR count). The molecular formula is C16H15BrN2O4S. The van der Waals surface area contributed by atoms with Crippen LogP contribution in [0.25, 0.3) is 0 Å². The van der Waals surface area contributed by atoms with Crippen molar-refractivity contribution >= 4 is 37.1 Å². The number of nitro benzene ring substituents is 1. The fourth-order valence-electron chi connectivity index (χ4n) is 2.99. The fourth-order valence-corrected chi connectivity index (χ4v) is 4.26. The smallest absolute Gasteiger partial charge is 0.288 e. The molecule has 24 heavy (non-hydrogen) atoms. The predicted octanol–water partition coefficient (Wildman–Crippen LogP) is 3.86. The molecule has 1 aliphatic carbocycles. The van der Waals surface area contributed by atoms with Gasteiger partial charge in [-0.15, -0.1) is 0 Å². The number of benzene rings is 2. The van der Waals surface area contributed by atoms with Gasteiger partial charge in [-0.25, -0.2) is 8.42 Å². The summed E-state index contributed by atoms with van der Waals surface area (Å²) in [5.74, 6) is 0. The molecule has 2 aromatic rings. The molecule has 0 fully saturated rings. The number of aryl methyl sites for hydroxylation is 1. The monoisotopic (exact) mass is 410 g/mol. The second-order valence-corrected chi connectivity index (χ2v) is 8.69. The topological polar surface area (TPSA) is 89.3 Å². The minimum absolute atomic E-state index is 0.0574. The maximum atomic E-state index is 11.8. The molecule has 1 aliphatic rings. The van der Waals surface area contributed by atoms with E-state index < -0.39 is 20.4 Å². The summed E-state index contributed by atoms with van der Waals surface area (Å²) in [7, 11) is -3.69. The summed E-state index contributed by atoms with van der Waals surface area (Å²) < 4.78 is 24.7. The zero-order chi connectivity index (χ0) is 17.5. The van der Waals surface area contributed by atoms with E-state index in [1.54, 1.807) is 6.07 Å². The summed E-state index contributed by atoms with van der Waals surface area (Å²) in [4.78, 5) is 10.1. The number of hydrogen-bond donors (Lipinski definition) is 1. The first-order chi connectivity index (χ1) is 11.3. The SMILES string of the molecule is CS(=O)(=O)c1cc(NC2CCc3cc(Br)ccc32)ccc1[N+](=O)[O-]. The zero-order valence-electron chi connectivity index (χ0n) is 12.8. The highest BCUT2D eigenvalue weighted by atomic mass is 79.9. The quantitative estimate of drug-likeness (QED) is 0.610. The molecule has 0 saturated carbocycles. The molecule has 0 heterocycles. The van der Waals surface area contributed by atoms with Gasteiger partial charge in [0.15, 0.2) is 9.84 Å². The van der Waals surface area contributed by atoms with Gasteiger partial charge in [0.2, 0.25) is 0 Å². The van der Waals surface area contributed by atoms with Gasteiger partial charge in [0.05, 0.1) is 11.0 Å². The number of fused-ring (bicyclic) bond motifs is 1. The number of rotatable bonds is 4. The number of nitro groups is 1. The van der Waals surface area contributed by atoms with Crippen molar-refractivity contribution in [1.82, 2.24) is 0 Å². The van der Waals surface area contributed by atoms with Crippen LogP contribution in [0.3, 0.4) is 0 Å². The predicted molar refractivity (Wildman–Crippen MR) is 95.0 cm³/mol. The van der Waals surface area contributed by atoms with Gasteiger partial charge in [0.1, 0.15) is 4.90 Å². The Morgan fingerprint density at radius 2 is 2.00 bits per heavy atom. The van der Waals surface area contributed by atoms with Crippen molar-refractivity contribution in [2.75, 3.05) is 11.6 Å². The Balaban J connectivity index is 1.94. The molecule has 0 amide bonds. The third-order valence-corrected chi connectivity index (χ3v) is 5.70. The fraction of sp³-hybridized carbons (Fsp3) is 0.250. The maximum Gasteiger partial charge on any atom is 0.288 e. The van der Waals surface area contributed by atoms with Crippen LogP contribution in [0.4, 0.5) is 11.4 Å². The van der Waals surface area contributed by atoms with Gasteiger partial charge in [0.25, 0.3) is 5.69 Å². The Labute approximate surface area is 148 Å². The summed E-state index contributed by atoms with van der Waals surface area (Å²) in [6.07, 6.45) is 2.79. The van der Waals surface area contributed by atoms with Crippen molar-refractivity contribution < 1.29 is 13.3 Å². The van der Waals surface area contributed by atoms with E-state index in [-0.39, 0.29) is 10.9 Å². The van der Waals surface area contributed by atoms with Crippen LogP contribution in [-0.2, 0) is 16.3 Å². The van der Waals surface area contributed by atoms with E-state index in [1.165, 1.54) is 17.7 Å². The van der Waals surface area contributed by atoms with Crippen molar-refractivity contribution in [3.05, 3.63) is 62.1 Å². The van der Waals surface area contributed by atoms with Crippen LogP contribution >= 0.6 is 15.9 Å².